The van der Waals surface area contributed by atoms with Crippen LogP contribution in [0.4, 0.5) is 4.79 Å². The fraction of sp³-hybridized carbons (Fsp3) is 0.750. The maximum atomic E-state index is 12.3. The molecule has 0 radical (unpaired) electrons. The zero-order valence-electron chi connectivity index (χ0n) is 11.3. The summed E-state index contributed by atoms with van der Waals surface area (Å²) >= 11 is 0. The third-order valence-corrected chi connectivity index (χ3v) is 2.99. The van der Waals surface area contributed by atoms with Crippen molar-refractivity contribution < 1.29 is 19.5 Å². The molecule has 1 heterocycles. The normalized spacial score (nSPS) is 18.7. The molecule has 1 fully saturated rings. The Kier molecular flexibility index (Phi) is 5.14. The van der Waals surface area contributed by atoms with Gasteiger partial charge in [-0.15, -0.1) is 0 Å². The van der Waals surface area contributed by atoms with Crippen LogP contribution in [0.5, 0.6) is 0 Å². The summed E-state index contributed by atoms with van der Waals surface area (Å²) < 4.78 is 0. The minimum atomic E-state index is -1.01. The summed E-state index contributed by atoms with van der Waals surface area (Å²) in [6.07, 6.45) is 1.11. The molecule has 0 aliphatic carbocycles. The fourth-order valence-corrected chi connectivity index (χ4v) is 2.27. The van der Waals surface area contributed by atoms with E-state index in [1.54, 1.807) is 0 Å². The van der Waals surface area contributed by atoms with Crippen molar-refractivity contribution in [3.63, 3.8) is 0 Å². The van der Waals surface area contributed by atoms with Gasteiger partial charge in [-0.25, -0.2) is 9.59 Å². The molecule has 1 saturated heterocycles. The molecule has 0 spiro atoms. The molecular weight excluding hydrogens is 250 g/mol. The lowest BCUT2D eigenvalue weighted by atomic mass is 10.2. The van der Waals surface area contributed by atoms with Gasteiger partial charge in [0, 0.05) is 13.1 Å². The van der Waals surface area contributed by atoms with Gasteiger partial charge in [0.15, 0.2) is 0 Å². The van der Waals surface area contributed by atoms with E-state index in [-0.39, 0.29) is 12.5 Å². The van der Waals surface area contributed by atoms with E-state index in [1.165, 1.54) is 9.80 Å². The number of nitrogens with zero attached hydrogens (tertiary/aromatic N) is 2. The molecule has 1 aliphatic rings. The van der Waals surface area contributed by atoms with E-state index in [4.69, 9.17) is 10.8 Å². The topological polar surface area (TPSA) is 104 Å². The highest BCUT2D eigenvalue weighted by molar-refractivity contribution is 5.86. The van der Waals surface area contributed by atoms with Crippen LogP contribution in [-0.2, 0) is 9.59 Å². The molecule has 19 heavy (non-hydrogen) atoms. The van der Waals surface area contributed by atoms with Crippen molar-refractivity contribution in [3.05, 3.63) is 0 Å². The van der Waals surface area contributed by atoms with Gasteiger partial charge in [0.05, 0.1) is 0 Å². The summed E-state index contributed by atoms with van der Waals surface area (Å²) in [4.78, 5) is 37.1. The monoisotopic (exact) mass is 271 g/mol. The van der Waals surface area contributed by atoms with Gasteiger partial charge in [0.25, 0.3) is 0 Å². The standard InChI is InChI=1S/C12H21N3O4/c1-8(2)6-14(7-10(13)16)12(19)15-5-3-4-9(15)11(17)18/h8-9H,3-7H2,1-2H3,(H2,13,16)(H,17,18)/t9-/m0/s1. The molecule has 0 aromatic carbocycles. The number of carboxylic acids is 1. The molecule has 0 saturated carbocycles. The van der Waals surface area contributed by atoms with E-state index in [0.29, 0.717) is 25.9 Å². The number of hydrogen-bond donors (Lipinski definition) is 2. The van der Waals surface area contributed by atoms with E-state index in [1.807, 2.05) is 13.8 Å². The van der Waals surface area contributed by atoms with Crippen molar-refractivity contribution in [2.75, 3.05) is 19.6 Å². The minimum Gasteiger partial charge on any atom is -0.480 e. The van der Waals surface area contributed by atoms with Crippen molar-refractivity contribution in [1.29, 1.82) is 0 Å². The number of carbonyl (C=O) groups excluding carboxylic acids is 2. The average Bonchev–Trinajstić information content (AvgIpc) is 2.74. The van der Waals surface area contributed by atoms with E-state index in [9.17, 15) is 14.4 Å². The first-order valence-corrected chi connectivity index (χ1v) is 6.39. The Labute approximate surface area is 112 Å². The number of primary amides is 1. The molecule has 7 heteroatoms. The van der Waals surface area contributed by atoms with E-state index in [0.717, 1.165) is 0 Å². The molecule has 0 unspecified atom stereocenters. The first-order valence-electron chi connectivity index (χ1n) is 6.39. The molecule has 3 amide bonds. The van der Waals surface area contributed by atoms with Gasteiger partial charge >= 0.3 is 12.0 Å². The lowest BCUT2D eigenvalue weighted by molar-refractivity contribution is -0.141. The summed E-state index contributed by atoms with van der Waals surface area (Å²) in [7, 11) is 0. The van der Waals surface area contributed by atoms with Crippen LogP contribution in [0.1, 0.15) is 26.7 Å². The lowest BCUT2D eigenvalue weighted by Gasteiger charge is -2.30. The average molecular weight is 271 g/mol. The maximum Gasteiger partial charge on any atom is 0.326 e. The predicted molar refractivity (Wildman–Crippen MR) is 68.4 cm³/mol. The van der Waals surface area contributed by atoms with Crippen LogP contribution in [-0.4, -0.2) is 58.5 Å². The summed E-state index contributed by atoms with van der Waals surface area (Å²) in [5, 5.41) is 9.07. The van der Waals surface area contributed by atoms with Crippen molar-refractivity contribution in [3.8, 4) is 0 Å². The van der Waals surface area contributed by atoms with Gasteiger partial charge < -0.3 is 20.6 Å². The second-order valence-corrected chi connectivity index (χ2v) is 5.21. The number of carboxylic acid groups (broad SMARTS) is 1. The van der Waals surface area contributed by atoms with Crippen LogP contribution in [0, 0.1) is 5.92 Å². The first kappa shape index (κ1) is 15.3. The van der Waals surface area contributed by atoms with Crippen LogP contribution in [0.3, 0.4) is 0 Å². The van der Waals surface area contributed by atoms with E-state index < -0.39 is 23.9 Å². The summed E-state index contributed by atoms with van der Waals surface area (Å²) in [5.74, 6) is -1.43. The number of likely N-dealkylation sites (tertiary alicyclic amines) is 1. The Morgan fingerprint density at radius 3 is 2.53 bits per heavy atom. The number of hydrogen-bond acceptors (Lipinski definition) is 3. The Bertz CT molecular complexity index is 370. The van der Waals surface area contributed by atoms with Crippen LogP contribution in [0.2, 0.25) is 0 Å². The molecule has 3 N–H and O–H groups in total. The SMILES string of the molecule is CC(C)CN(CC(N)=O)C(=O)N1CCC[C@H]1C(=O)O. The highest BCUT2D eigenvalue weighted by Gasteiger charge is 2.36. The fourth-order valence-electron chi connectivity index (χ4n) is 2.27. The Balaban J connectivity index is 2.79. The van der Waals surface area contributed by atoms with E-state index in [2.05, 4.69) is 0 Å². The highest BCUT2D eigenvalue weighted by Crippen LogP contribution is 2.19. The zero-order chi connectivity index (χ0) is 14.6. The first-order chi connectivity index (χ1) is 8.82. The number of rotatable bonds is 5. The number of urea groups is 1. The number of amides is 3. The van der Waals surface area contributed by atoms with Gasteiger partial charge in [0.2, 0.25) is 5.91 Å². The van der Waals surface area contributed by atoms with E-state index >= 15 is 0 Å². The van der Waals surface area contributed by atoms with Gasteiger partial charge in [-0.05, 0) is 18.8 Å². The number of carbonyl (C=O) groups is 3. The minimum absolute atomic E-state index is 0.175. The Morgan fingerprint density at radius 1 is 1.42 bits per heavy atom. The number of aliphatic carboxylic acids is 1. The summed E-state index contributed by atoms with van der Waals surface area (Å²) in [5.41, 5.74) is 5.13. The second-order valence-electron chi connectivity index (χ2n) is 5.21. The summed E-state index contributed by atoms with van der Waals surface area (Å²) in [6.45, 7) is 4.44. The van der Waals surface area contributed by atoms with Gasteiger partial charge in [-0.1, -0.05) is 13.8 Å². The van der Waals surface area contributed by atoms with Crippen LogP contribution >= 0.6 is 0 Å². The number of nitrogens with two attached hydrogens (primary N) is 1. The van der Waals surface area contributed by atoms with Crippen LogP contribution in [0.25, 0.3) is 0 Å². The molecule has 0 aromatic rings. The molecule has 108 valence electrons. The Hall–Kier alpha value is -1.79. The quantitative estimate of drug-likeness (QED) is 0.739. The maximum absolute atomic E-state index is 12.3. The third kappa shape index (κ3) is 4.11. The molecule has 1 rings (SSSR count). The summed E-state index contributed by atoms with van der Waals surface area (Å²) in [6, 6.07) is -1.22. The molecule has 1 aliphatic heterocycles. The molecule has 0 bridgehead atoms. The predicted octanol–water partition coefficient (Wildman–Crippen LogP) is 0.0987. The largest absolute Gasteiger partial charge is 0.480 e. The molecular formula is C12H21N3O4. The smallest absolute Gasteiger partial charge is 0.326 e. The van der Waals surface area contributed by atoms with Crippen LogP contribution < -0.4 is 5.73 Å². The van der Waals surface area contributed by atoms with Gasteiger partial charge in [0.1, 0.15) is 12.6 Å². The molecule has 0 aromatic heterocycles. The van der Waals surface area contributed by atoms with Crippen molar-refractivity contribution in [1.82, 2.24) is 9.80 Å². The van der Waals surface area contributed by atoms with Crippen molar-refractivity contribution in [2.45, 2.75) is 32.7 Å². The molecule has 7 nitrogen and oxygen atoms in total. The van der Waals surface area contributed by atoms with Crippen molar-refractivity contribution in [2.24, 2.45) is 11.7 Å². The van der Waals surface area contributed by atoms with Crippen LogP contribution in [0.15, 0.2) is 0 Å². The molecule has 1 atom stereocenters. The zero-order valence-corrected chi connectivity index (χ0v) is 11.3. The highest BCUT2D eigenvalue weighted by atomic mass is 16.4. The van der Waals surface area contributed by atoms with Gasteiger partial charge in [-0.2, -0.15) is 0 Å². The third-order valence-electron chi connectivity index (χ3n) is 2.99. The Morgan fingerprint density at radius 2 is 2.05 bits per heavy atom. The second kappa shape index (κ2) is 6.40. The van der Waals surface area contributed by atoms with Gasteiger partial charge in [-0.3, -0.25) is 4.79 Å². The lowest BCUT2D eigenvalue weighted by Crippen LogP contribution is -2.51. The van der Waals surface area contributed by atoms with Crippen molar-refractivity contribution >= 4 is 17.9 Å².